The molecule has 1 saturated heterocycles. The maximum Gasteiger partial charge on any atom is 0.146 e. The summed E-state index contributed by atoms with van der Waals surface area (Å²) in [5.41, 5.74) is 1.51. The van der Waals surface area contributed by atoms with Crippen LogP contribution in [0.4, 0.5) is 5.82 Å². The zero-order valence-corrected chi connectivity index (χ0v) is 17.0. The Morgan fingerprint density at radius 2 is 1.88 bits per heavy atom. The Balaban J connectivity index is 1.71. The smallest absolute Gasteiger partial charge is 0.146 e. The second-order valence-corrected chi connectivity index (χ2v) is 9.03. The van der Waals surface area contributed by atoms with Crippen molar-refractivity contribution < 1.29 is 4.74 Å². The molecule has 1 fully saturated rings. The summed E-state index contributed by atoms with van der Waals surface area (Å²) in [6.45, 7) is 11.1. The zero-order chi connectivity index (χ0) is 18.1. The van der Waals surface area contributed by atoms with Crippen molar-refractivity contribution in [1.82, 2.24) is 14.9 Å². The molecule has 0 aromatic carbocycles. The molecule has 2 aliphatic rings. The summed E-state index contributed by atoms with van der Waals surface area (Å²) in [5.74, 6) is 2.56. The molecule has 1 N–H and O–H groups in total. The van der Waals surface area contributed by atoms with E-state index >= 15 is 0 Å². The van der Waals surface area contributed by atoms with Crippen LogP contribution >= 0.6 is 11.3 Å². The summed E-state index contributed by atoms with van der Waals surface area (Å²) >= 11 is 1.89. The van der Waals surface area contributed by atoms with Gasteiger partial charge in [-0.1, -0.05) is 13.8 Å². The van der Waals surface area contributed by atoms with E-state index in [1.165, 1.54) is 46.3 Å². The van der Waals surface area contributed by atoms with Crippen molar-refractivity contribution in [3.05, 3.63) is 16.3 Å². The van der Waals surface area contributed by atoms with Crippen LogP contribution in [0.25, 0.3) is 10.2 Å². The van der Waals surface area contributed by atoms with E-state index in [1.807, 2.05) is 11.3 Å². The molecule has 5 nitrogen and oxygen atoms in total. The fraction of sp³-hybridized carbons (Fsp3) is 0.700. The SMILES string of the molecule is CC(C)C(C)Nc1nc(CN2CCOCC2)nc2sc3c(c12)CCCC3. The fourth-order valence-corrected chi connectivity index (χ4v) is 5.00. The molecule has 0 saturated carbocycles. The largest absolute Gasteiger partial charge is 0.379 e. The van der Waals surface area contributed by atoms with Gasteiger partial charge in [-0.3, -0.25) is 4.90 Å². The Bertz CT molecular complexity index is 767. The van der Waals surface area contributed by atoms with E-state index in [4.69, 9.17) is 14.7 Å². The Kier molecular flexibility index (Phi) is 5.43. The molecule has 4 rings (SSSR count). The van der Waals surface area contributed by atoms with Gasteiger partial charge in [-0.15, -0.1) is 11.3 Å². The molecule has 0 bridgehead atoms. The highest BCUT2D eigenvalue weighted by Crippen LogP contribution is 2.39. The number of aromatic nitrogens is 2. The van der Waals surface area contributed by atoms with Gasteiger partial charge in [0.05, 0.1) is 25.1 Å². The third kappa shape index (κ3) is 3.73. The number of anilines is 1. The summed E-state index contributed by atoms with van der Waals surface area (Å²) in [7, 11) is 0. The Hall–Kier alpha value is -1.24. The van der Waals surface area contributed by atoms with Gasteiger partial charge in [0.25, 0.3) is 0 Å². The molecule has 6 heteroatoms. The first-order chi connectivity index (χ1) is 12.6. The van der Waals surface area contributed by atoms with Crippen LogP contribution in [0.5, 0.6) is 0 Å². The first kappa shape index (κ1) is 18.1. The molecule has 142 valence electrons. The molecule has 2 aromatic heterocycles. The Morgan fingerprint density at radius 1 is 1.12 bits per heavy atom. The van der Waals surface area contributed by atoms with Crippen LogP contribution in [-0.2, 0) is 24.1 Å². The highest BCUT2D eigenvalue weighted by atomic mass is 32.1. The predicted octanol–water partition coefficient (Wildman–Crippen LogP) is 3.86. The van der Waals surface area contributed by atoms with Crippen molar-refractivity contribution >= 4 is 27.4 Å². The summed E-state index contributed by atoms with van der Waals surface area (Å²) < 4.78 is 5.47. The lowest BCUT2D eigenvalue weighted by Crippen LogP contribution is -2.36. The molecule has 3 heterocycles. The monoisotopic (exact) mass is 374 g/mol. The molecule has 0 amide bonds. The van der Waals surface area contributed by atoms with E-state index in [-0.39, 0.29) is 0 Å². The van der Waals surface area contributed by atoms with Gasteiger partial charge in [-0.2, -0.15) is 0 Å². The van der Waals surface area contributed by atoms with Crippen LogP contribution in [-0.4, -0.2) is 47.2 Å². The number of rotatable bonds is 5. The van der Waals surface area contributed by atoms with E-state index < -0.39 is 0 Å². The van der Waals surface area contributed by atoms with Crippen LogP contribution in [0.1, 0.15) is 49.9 Å². The minimum atomic E-state index is 0.392. The fourth-order valence-electron chi connectivity index (χ4n) is 3.72. The molecule has 1 unspecified atom stereocenters. The van der Waals surface area contributed by atoms with Crippen molar-refractivity contribution in [3.8, 4) is 0 Å². The Morgan fingerprint density at radius 3 is 2.65 bits per heavy atom. The van der Waals surface area contributed by atoms with Crippen LogP contribution in [0.2, 0.25) is 0 Å². The average Bonchev–Trinajstić information content (AvgIpc) is 3.01. The van der Waals surface area contributed by atoms with Crippen molar-refractivity contribution in [3.63, 3.8) is 0 Å². The minimum absolute atomic E-state index is 0.392. The first-order valence-electron chi connectivity index (χ1n) is 9.99. The van der Waals surface area contributed by atoms with E-state index in [0.29, 0.717) is 12.0 Å². The summed E-state index contributed by atoms with van der Waals surface area (Å²) in [6, 6.07) is 0.392. The third-order valence-corrected chi connectivity index (χ3v) is 6.88. The lowest BCUT2D eigenvalue weighted by Gasteiger charge is -2.26. The summed E-state index contributed by atoms with van der Waals surface area (Å²) in [6.07, 6.45) is 4.97. The standard InChI is InChI=1S/C20H30N4OS/c1-13(2)14(3)21-19-18-15-6-4-5-7-16(15)26-20(18)23-17(22-19)12-24-8-10-25-11-9-24/h13-14H,4-12H2,1-3H3,(H,21,22,23). The zero-order valence-electron chi connectivity index (χ0n) is 16.2. The lowest BCUT2D eigenvalue weighted by atomic mass is 9.96. The third-order valence-electron chi connectivity index (χ3n) is 5.69. The van der Waals surface area contributed by atoms with Crippen molar-refractivity contribution in [1.29, 1.82) is 0 Å². The molecule has 26 heavy (non-hydrogen) atoms. The minimum Gasteiger partial charge on any atom is -0.379 e. The highest BCUT2D eigenvalue weighted by Gasteiger charge is 2.23. The van der Waals surface area contributed by atoms with Gasteiger partial charge in [0.1, 0.15) is 16.5 Å². The molecule has 1 atom stereocenters. The highest BCUT2D eigenvalue weighted by molar-refractivity contribution is 7.19. The van der Waals surface area contributed by atoms with Crippen molar-refractivity contribution in [2.75, 3.05) is 31.6 Å². The second-order valence-electron chi connectivity index (χ2n) is 7.95. The van der Waals surface area contributed by atoms with Gasteiger partial charge in [0.15, 0.2) is 0 Å². The average molecular weight is 375 g/mol. The number of thiophene rings is 1. The maximum absolute atomic E-state index is 5.47. The van der Waals surface area contributed by atoms with E-state index in [9.17, 15) is 0 Å². The number of fused-ring (bicyclic) bond motifs is 3. The van der Waals surface area contributed by atoms with Crippen molar-refractivity contribution in [2.45, 2.75) is 59.0 Å². The molecule has 0 radical (unpaired) electrons. The lowest BCUT2D eigenvalue weighted by molar-refractivity contribution is 0.0331. The van der Waals surface area contributed by atoms with Gasteiger partial charge in [0, 0.05) is 24.0 Å². The molecule has 0 spiro atoms. The number of hydrogen-bond donors (Lipinski definition) is 1. The quantitative estimate of drug-likeness (QED) is 0.861. The molecule has 1 aliphatic carbocycles. The van der Waals surface area contributed by atoms with E-state index in [2.05, 4.69) is 31.0 Å². The topological polar surface area (TPSA) is 50.3 Å². The predicted molar refractivity (Wildman–Crippen MR) is 108 cm³/mol. The molecular weight excluding hydrogens is 344 g/mol. The number of aryl methyl sites for hydroxylation is 2. The van der Waals surface area contributed by atoms with Gasteiger partial charge >= 0.3 is 0 Å². The number of morpholine rings is 1. The Labute approximate surface area is 160 Å². The van der Waals surface area contributed by atoms with Crippen molar-refractivity contribution in [2.24, 2.45) is 5.92 Å². The molecular formula is C20H30N4OS. The number of hydrogen-bond acceptors (Lipinski definition) is 6. The maximum atomic E-state index is 5.47. The normalized spacial score (nSPS) is 19.7. The van der Waals surface area contributed by atoms with E-state index in [1.54, 1.807) is 0 Å². The molecule has 1 aliphatic heterocycles. The molecule has 2 aromatic rings. The summed E-state index contributed by atoms with van der Waals surface area (Å²) in [4.78, 5) is 15.1. The van der Waals surface area contributed by atoms with Gasteiger partial charge in [-0.25, -0.2) is 9.97 Å². The van der Waals surface area contributed by atoms with Crippen LogP contribution < -0.4 is 5.32 Å². The second kappa shape index (κ2) is 7.79. The van der Waals surface area contributed by atoms with Gasteiger partial charge in [0.2, 0.25) is 0 Å². The van der Waals surface area contributed by atoms with Gasteiger partial charge < -0.3 is 10.1 Å². The summed E-state index contributed by atoms with van der Waals surface area (Å²) in [5, 5.41) is 5.00. The first-order valence-corrected chi connectivity index (χ1v) is 10.8. The van der Waals surface area contributed by atoms with Gasteiger partial charge in [-0.05, 0) is 44.1 Å². The van der Waals surface area contributed by atoms with Crippen LogP contribution in [0.3, 0.4) is 0 Å². The number of ether oxygens (including phenoxy) is 1. The van der Waals surface area contributed by atoms with Crippen LogP contribution in [0.15, 0.2) is 0 Å². The van der Waals surface area contributed by atoms with E-state index in [0.717, 1.165) is 44.5 Å². The van der Waals surface area contributed by atoms with Crippen LogP contribution in [0, 0.1) is 5.92 Å². The number of nitrogens with zero attached hydrogens (tertiary/aromatic N) is 3. The number of nitrogens with one attached hydrogen (secondary N) is 1.